The molecule has 2 rings (SSSR count). The second-order valence-corrected chi connectivity index (χ2v) is 6.16. The molecule has 4 heteroatoms. The smallest absolute Gasteiger partial charge is 0.217 e. The van der Waals surface area contributed by atoms with E-state index in [9.17, 15) is 4.79 Å². The van der Waals surface area contributed by atoms with E-state index >= 15 is 0 Å². The van der Waals surface area contributed by atoms with Gasteiger partial charge >= 0.3 is 0 Å². The fraction of sp³-hybridized carbons (Fsp3) is 0.286. The van der Waals surface area contributed by atoms with Gasteiger partial charge in [0.15, 0.2) is 0 Å². The Hall–Kier alpha value is -2.75. The molecule has 0 heterocycles. The second kappa shape index (κ2) is 8.92. The molecular weight excluding hydrogens is 314 g/mol. The van der Waals surface area contributed by atoms with Crippen LogP contribution in [-0.2, 0) is 4.79 Å². The Morgan fingerprint density at radius 2 is 1.44 bits per heavy atom. The number of ether oxygens (including phenoxy) is 2. The molecule has 1 atom stereocenters. The van der Waals surface area contributed by atoms with Gasteiger partial charge in [0.2, 0.25) is 5.91 Å². The van der Waals surface area contributed by atoms with E-state index in [-0.39, 0.29) is 18.1 Å². The van der Waals surface area contributed by atoms with Gasteiger partial charge in [0, 0.05) is 13.0 Å². The largest absolute Gasteiger partial charge is 0.491 e. The van der Waals surface area contributed by atoms with Gasteiger partial charge in [0.25, 0.3) is 0 Å². The van der Waals surface area contributed by atoms with Gasteiger partial charge in [-0.15, -0.1) is 0 Å². The number of benzene rings is 2. The number of amides is 1. The van der Waals surface area contributed by atoms with E-state index in [1.54, 1.807) is 0 Å². The molecule has 4 nitrogen and oxygen atoms in total. The monoisotopic (exact) mass is 339 g/mol. The van der Waals surface area contributed by atoms with Crippen LogP contribution in [0.15, 0.2) is 54.6 Å². The maximum absolute atomic E-state index is 11.0. The molecule has 0 aliphatic rings. The van der Waals surface area contributed by atoms with Crippen LogP contribution in [0.25, 0.3) is 6.08 Å². The minimum absolute atomic E-state index is 0.000000800. The first-order valence-electron chi connectivity index (χ1n) is 8.42. The molecule has 0 radical (unpaired) electrons. The highest BCUT2D eigenvalue weighted by molar-refractivity contribution is 5.73. The van der Waals surface area contributed by atoms with Crippen molar-refractivity contribution in [3.8, 4) is 17.2 Å². The van der Waals surface area contributed by atoms with E-state index in [0.717, 1.165) is 22.8 Å². The van der Waals surface area contributed by atoms with Crippen molar-refractivity contribution in [1.29, 1.82) is 0 Å². The van der Waals surface area contributed by atoms with Crippen molar-refractivity contribution in [2.24, 2.45) is 0 Å². The van der Waals surface area contributed by atoms with Crippen LogP contribution in [0, 0.1) is 0 Å². The fourth-order valence-corrected chi connectivity index (χ4v) is 2.27. The summed E-state index contributed by atoms with van der Waals surface area (Å²) in [7, 11) is 0. The molecule has 2 aromatic carbocycles. The van der Waals surface area contributed by atoms with Crippen LogP contribution in [0.3, 0.4) is 0 Å². The predicted octanol–water partition coefficient (Wildman–Crippen LogP) is 4.80. The summed E-state index contributed by atoms with van der Waals surface area (Å²) < 4.78 is 11.5. The number of hydrogen-bond acceptors (Lipinski definition) is 3. The van der Waals surface area contributed by atoms with Crippen LogP contribution in [0.5, 0.6) is 17.2 Å². The number of rotatable bonds is 7. The van der Waals surface area contributed by atoms with E-state index in [2.05, 4.69) is 5.32 Å². The normalized spacial score (nSPS) is 12.2. The van der Waals surface area contributed by atoms with Gasteiger partial charge in [-0.25, -0.2) is 0 Å². The molecule has 1 amide bonds. The fourth-order valence-electron chi connectivity index (χ4n) is 2.27. The summed E-state index contributed by atoms with van der Waals surface area (Å²) in [4.78, 5) is 11.0. The first-order chi connectivity index (χ1) is 11.9. The molecule has 2 aromatic rings. The molecule has 25 heavy (non-hydrogen) atoms. The summed E-state index contributed by atoms with van der Waals surface area (Å²) in [5.41, 5.74) is 1.05. The molecule has 1 N–H and O–H groups in total. The van der Waals surface area contributed by atoms with Crippen molar-refractivity contribution in [2.45, 2.75) is 39.8 Å². The van der Waals surface area contributed by atoms with Crippen LogP contribution in [0.4, 0.5) is 0 Å². The third-order valence-corrected chi connectivity index (χ3v) is 3.32. The molecule has 132 valence electrons. The van der Waals surface area contributed by atoms with Crippen LogP contribution in [0.1, 0.15) is 33.3 Å². The lowest BCUT2D eigenvalue weighted by Gasteiger charge is -2.11. The number of nitrogens with one attached hydrogen (secondary N) is 1. The number of hydrogen-bond donors (Lipinski definition) is 1. The maximum atomic E-state index is 11.0. The molecule has 0 aliphatic heterocycles. The molecule has 0 saturated carbocycles. The standard InChI is InChI=1S/C21H25NO3/c1-15(2)24-19-11-13-21(14-12-19)25-20-9-7-18(8-10-20)6-5-16(3)22-17(4)23/h5-16H,1-4H3,(H,22,23). The van der Waals surface area contributed by atoms with Crippen molar-refractivity contribution >= 4 is 12.0 Å². The minimum atomic E-state index is -0.0364. The third-order valence-electron chi connectivity index (χ3n) is 3.32. The highest BCUT2D eigenvalue weighted by atomic mass is 16.5. The van der Waals surface area contributed by atoms with Crippen LogP contribution < -0.4 is 14.8 Å². The molecule has 0 aliphatic carbocycles. The molecule has 0 aromatic heterocycles. The van der Waals surface area contributed by atoms with Crippen molar-refractivity contribution in [2.75, 3.05) is 0 Å². The topological polar surface area (TPSA) is 47.6 Å². The first kappa shape index (κ1) is 18.6. The first-order valence-corrected chi connectivity index (χ1v) is 8.42. The summed E-state index contributed by atoms with van der Waals surface area (Å²) in [6.45, 7) is 7.44. The van der Waals surface area contributed by atoms with E-state index in [0.29, 0.717) is 0 Å². The quantitative estimate of drug-likeness (QED) is 0.788. The Labute approximate surface area is 149 Å². The lowest BCUT2D eigenvalue weighted by Crippen LogP contribution is -2.28. The van der Waals surface area contributed by atoms with Crippen molar-refractivity contribution in [3.05, 3.63) is 60.2 Å². The zero-order valence-corrected chi connectivity index (χ0v) is 15.2. The molecular formula is C21H25NO3. The van der Waals surface area contributed by atoms with Gasteiger partial charge in [-0.05, 0) is 62.7 Å². The lowest BCUT2D eigenvalue weighted by atomic mass is 10.1. The summed E-state index contributed by atoms with van der Waals surface area (Å²) in [5.74, 6) is 2.32. The molecule has 0 spiro atoms. The van der Waals surface area contributed by atoms with Gasteiger partial charge in [-0.2, -0.15) is 0 Å². The van der Waals surface area contributed by atoms with E-state index in [4.69, 9.17) is 9.47 Å². The van der Waals surface area contributed by atoms with E-state index in [1.165, 1.54) is 6.92 Å². The van der Waals surface area contributed by atoms with Gasteiger partial charge in [-0.1, -0.05) is 24.3 Å². The highest BCUT2D eigenvalue weighted by Gasteiger charge is 2.01. The van der Waals surface area contributed by atoms with Crippen LogP contribution >= 0.6 is 0 Å². The van der Waals surface area contributed by atoms with E-state index in [1.807, 2.05) is 81.5 Å². The Balaban J connectivity index is 1.93. The molecule has 1 unspecified atom stereocenters. The van der Waals surface area contributed by atoms with Crippen molar-refractivity contribution in [1.82, 2.24) is 5.32 Å². The van der Waals surface area contributed by atoms with Crippen LogP contribution in [0.2, 0.25) is 0 Å². The summed E-state index contributed by atoms with van der Waals surface area (Å²) in [5, 5.41) is 2.81. The number of carbonyl (C=O) groups excluding carboxylic acids is 1. The average Bonchev–Trinajstić information content (AvgIpc) is 2.55. The summed E-state index contributed by atoms with van der Waals surface area (Å²) in [6, 6.07) is 15.4. The summed E-state index contributed by atoms with van der Waals surface area (Å²) in [6.07, 6.45) is 4.08. The maximum Gasteiger partial charge on any atom is 0.217 e. The predicted molar refractivity (Wildman–Crippen MR) is 101 cm³/mol. The Morgan fingerprint density at radius 3 is 1.96 bits per heavy atom. The minimum Gasteiger partial charge on any atom is -0.491 e. The van der Waals surface area contributed by atoms with E-state index < -0.39 is 0 Å². The van der Waals surface area contributed by atoms with Gasteiger partial charge < -0.3 is 14.8 Å². The zero-order chi connectivity index (χ0) is 18.2. The molecule has 0 fully saturated rings. The Morgan fingerprint density at radius 1 is 0.920 bits per heavy atom. The molecule has 0 bridgehead atoms. The summed E-state index contributed by atoms with van der Waals surface area (Å²) >= 11 is 0. The molecule has 0 saturated heterocycles. The second-order valence-electron chi connectivity index (χ2n) is 6.16. The third kappa shape index (κ3) is 6.71. The van der Waals surface area contributed by atoms with Crippen molar-refractivity contribution < 1.29 is 14.3 Å². The number of carbonyl (C=O) groups is 1. The van der Waals surface area contributed by atoms with Crippen LogP contribution in [-0.4, -0.2) is 18.1 Å². The lowest BCUT2D eigenvalue weighted by molar-refractivity contribution is -0.119. The van der Waals surface area contributed by atoms with Gasteiger partial charge in [-0.3, -0.25) is 4.79 Å². The average molecular weight is 339 g/mol. The SMILES string of the molecule is CC(=O)NC(C)C=Cc1ccc(Oc2ccc(OC(C)C)cc2)cc1. The zero-order valence-electron chi connectivity index (χ0n) is 15.2. The Bertz CT molecular complexity index is 703. The highest BCUT2D eigenvalue weighted by Crippen LogP contribution is 2.24. The van der Waals surface area contributed by atoms with Gasteiger partial charge in [0.05, 0.1) is 6.10 Å². The van der Waals surface area contributed by atoms with Crippen molar-refractivity contribution in [3.63, 3.8) is 0 Å². The van der Waals surface area contributed by atoms with Gasteiger partial charge in [0.1, 0.15) is 17.2 Å². The Kier molecular flexibility index (Phi) is 6.63.